The van der Waals surface area contributed by atoms with Gasteiger partial charge in [-0.05, 0) is 12.1 Å². The molecule has 0 bridgehead atoms. The summed E-state index contributed by atoms with van der Waals surface area (Å²) in [6.07, 6.45) is 0. The Labute approximate surface area is 79.1 Å². The number of nitrogens with two attached hydrogens (primary N) is 1. The van der Waals surface area contributed by atoms with Gasteiger partial charge in [-0.3, -0.25) is 14.9 Å². The van der Waals surface area contributed by atoms with Gasteiger partial charge in [0.2, 0.25) is 0 Å². The molecule has 0 saturated carbocycles. The van der Waals surface area contributed by atoms with Crippen molar-refractivity contribution in [2.24, 2.45) is 5.73 Å². The fourth-order valence-electron chi connectivity index (χ4n) is 0.881. The van der Waals surface area contributed by atoms with Crippen molar-refractivity contribution < 1.29 is 9.72 Å². The molecule has 1 rings (SSSR count). The van der Waals surface area contributed by atoms with Crippen LogP contribution in [-0.2, 0) is 0 Å². The molecule has 0 unspecified atom stereocenters. The van der Waals surface area contributed by atoms with Crippen LogP contribution in [0, 0.1) is 10.1 Å². The van der Waals surface area contributed by atoms with Crippen LogP contribution in [0.4, 0.5) is 5.69 Å². The number of carbonyl (C=O) groups excluding carboxylic acids is 1. The van der Waals surface area contributed by atoms with E-state index in [1.54, 1.807) is 0 Å². The van der Waals surface area contributed by atoms with Gasteiger partial charge in [-0.2, -0.15) is 0 Å². The minimum atomic E-state index is -0.831. The van der Waals surface area contributed by atoms with E-state index in [1.807, 2.05) is 0 Å². The van der Waals surface area contributed by atoms with Gasteiger partial charge >= 0.3 is 0 Å². The number of nitro benzene ring substituents is 1. The van der Waals surface area contributed by atoms with E-state index in [0.29, 0.717) is 4.90 Å². The van der Waals surface area contributed by atoms with Crippen LogP contribution in [0.25, 0.3) is 0 Å². The van der Waals surface area contributed by atoms with E-state index < -0.39 is 10.8 Å². The van der Waals surface area contributed by atoms with E-state index >= 15 is 0 Å². The molecule has 0 heterocycles. The van der Waals surface area contributed by atoms with E-state index in [4.69, 9.17) is 5.73 Å². The maximum atomic E-state index is 10.8. The molecule has 0 spiro atoms. The van der Waals surface area contributed by atoms with Crippen LogP contribution >= 0.6 is 12.6 Å². The highest BCUT2D eigenvalue weighted by Gasteiger charge is 2.17. The lowest BCUT2D eigenvalue weighted by atomic mass is 10.2. The summed E-state index contributed by atoms with van der Waals surface area (Å²) in [7, 11) is 0. The monoisotopic (exact) mass is 198 g/mol. The molecule has 1 amide bonds. The Bertz CT molecular complexity index is 378. The van der Waals surface area contributed by atoms with Crippen LogP contribution in [0.5, 0.6) is 0 Å². The summed E-state index contributed by atoms with van der Waals surface area (Å²) in [4.78, 5) is 21.0. The number of rotatable bonds is 2. The first-order valence-corrected chi connectivity index (χ1v) is 3.74. The van der Waals surface area contributed by atoms with Gasteiger partial charge in [0.1, 0.15) is 5.56 Å². The highest BCUT2D eigenvalue weighted by molar-refractivity contribution is 7.80. The second-order valence-corrected chi connectivity index (χ2v) is 2.84. The van der Waals surface area contributed by atoms with E-state index in [2.05, 4.69) is 12.6 Å². The van der Waals surface area contributed by atoms with Crippen LogP contribution in [-0.4, -0.2) is 10.8 Å². The van der Waals surface area contributed by atoms with Gasteiger partial charge in [0.15, 0.2) is 0 Å². The van der Waals surface area contributed by atoms with Crippen molar-refractivity contribution >= 4 is 24.2 Å². The van der Waals surface area contributed by atoms with Crippen molar-refractivity contribution in [1.82, 2.24) is 0 Å². The molecule has 5 nitrogen and oxygen atoms in total. The number of carbonyl (C=O) groups is 1. The number of hydrogen-bond acceptors (Lipinski definition) is 4. The highest BCUT2D eigenvalue weighted by Crippen LogP contribution is 2.20. The van der Waals surface area contributed by atoms with Crippen molar-refractivity contribution in [2.45, 2.75) is 4.90 Å². The Morgan fingerprint density at radius 1 is 1.54 bits per heavy atom. The minimum absolute atomic E-state index is 0.127. The predicted molar refractivity (Wildman–Crippen MR) is 48.9 cm³/mol. The quantitative estimate of drug-likeness (QED) is 0.422. The first kappa shape index (κ1) is 9.53. The molecule has 0 saturated heterocycles. The average molecular weight is 198 g/mol. The van der Waals surface area contributed by atoms with E-state index in [-0.39, 0.29) is 11.3 Å². The standard InChI is InChI=1S/C7H6N2O3S/c8-7(10)5-3-4(13)1-2-6(5)9(11)12/h1-3,13H,(H2,8,10). The zero-order chi connectivity index (χ0) is 10.0. The lowest BCUT2D eigenvalue weighted by Gasteiger charge is -1.98. The summed E-state index contributed by atoms with van der Waals surface area (Å²) in [5.41, 5.74) is 4.52. The third-order valence-electron chi connectivity index (χ3n) is 1.44. The van der Waals surface area contributed by atoms with Crippen LogP contribution in [0.15, 0.2) is 23.1 Å². The van der Waals surface area contributed by atoms with Gasteiger partial charge in [-0.15, -0.1) is 12.6 Å². The molecule has 0 fully saturated rings. The predicted octanol–water partition coefficient (Wildman–Crippen LogP) is 0.982. The summed E-state index contributed by atoms with van der Waals surface area (Å²) in [5.74, 6) is -0.831. The number of benzene rings is 1. The Hall–Kier alpha value is -1.56. The van der Waals surface area contributed by atoms with Gasteiger partial charge in [0, 0.05) is 11.0 Å². The molecule has 1 aromatic rings. The largest absolute Gasteiger partial charge is 0.365 e. The molecule has 68 valence electrons. The first-order chi connectivity index (χ1) is 6.02. The summed E-state index contributed by atoms with van der Waals surface area (Å²) in [6, 6.07) is 3.89. The second kappa shape index (κ2) is 3.44. The molecule has 0 radical (unpaired) electrons. The third kappa shape index (κ3) is 1.97. The minimum Gasteiger partial charge on any atom is -0.365 e. The normalized spacial score (nSPS) is 9.62. The molecule has 6 heteroatoms. The topological polar surface area (TPSA) is 86.2 Å². The number of nitrogens with zero attached hydrogens (tertiary/aromatic N) is 1. The highest BCUT2D eigenvalue weighted by atomic mass is 32.1. The van der Waals surface area contributed by atoms with E-state index in [9.17, 15) is 14.9 Å². The van der Waals surface area contributed by atoms with Crippen molar-refractivity contribution in [3.8, 4) is 0 Å². The number of amides is 1. The molecule has 2 N–H and O–H groups in total. The lowest BCUT2D eigenvalue weighted by Crippen LogP contribution is -2.13. The zero-order valence-electron chi connectivity index (χ0n) is 6.43. The van der Waals surface area contributed by atoms with Crippen molar-refractivity contribution in [2.75, 3.05) is 0 Å². The van der Waals surface area contributed by atoms with Gasteiger partial charge < -0.3 is 5.73 Å². The van der Waals surface area contributed by atoms with E-state index in [1.165, 1.54) is 18.2 Å². The molecule has 13 heavy (non-hydrogen) atoms. The lowest BCUT2D eigenvalue weighted by molar-refractivity contribution is -0.385. The van der Waals surface area contributed by atoms with Crippen LogP contribution in [0.1, 0.15) is 10.4 Å². The Kier molecular flexibility index (Phi) is 2.52. The summed E-state index contributed by atoms with van der Waals surface area (Å²) in [6.45, 7) is 0. The summed E-state index contributed by atoms with van der Waals surface area (Å²) in [5, 5.41) is 10.4. The van der Waals surface area contributed by atoms with Gasteiger partial charge in [0.05, 0.1) is 4.92 Å². The molecule has 1 aromatic carbocycles. The van der Waals surface area contributed by atoms with Crippen LogP contribution < -0.4 is 5.73 Å². The van der Waals surface area contributed by atoms with Gasteiger partial charge in [-0.25, -0.2) is 0 Å². The molecule has 0 aliphatic rings. The van der Waals surface area contributed by atoms with Gasteiger partial charge in [0.25, 0.3) is 11.6 Å². The van der Waals surface area contributed by atoms with Gasteiger partial charge in [-0.1, -0.05) is 0 Å². The van der Waals surface area contributed by atoms with Crippen molar-refractivity contribution in [3.05, 3.63) is 33.9 Å². The fourth-order valence-corrected chi connectivity index (χ4v) is 1.08. The smallest absolute Gasteiger partial charge is 0.282 e. The molecular formula is C7H6N2O3S. The Balaban J connectivity index is 3.35. The fraction of sp³-hybridized carbons (Fsp3) is 0. The zero-order valence-corrected chi connectivity index (χ0v) is 7.32. The maximum Gasteiger partial charge on any atom is 0.282 e. The number of nitro groups is 1. The van der Waals surface area contributed by atoms with Crippen molar-refractivity contribution in [1.29, 1.82) is 0 Å². The number of primary amides is 1. The molecule has 0 atom stereocenters. The number of hydrogen-bond donors (Lipinski definition) is 2. The molecule has 0 aromatic heterocycles. The van der Waals surface area contributed by atoms with E-state index in [0.717, 1.165) is 0 Å². The third-order valence-corrected chi connectivity index (χ3v) is 1.72. The maximum absolute atomic E-state index is 10.8. The Morgan fingerprint density at radius 3 is 2.62 bits per heavy atom. The number of thiol groups is 1. The Morgan fingerprint density at radius 2 is 2.15 bits per heavy atom. The second-order valence-electron chi connectivity index (χ2n) is 2.32. The summed E-state index contributed by atoms with van der Waals surface area (Å²) < 4.78 is 0. The SMILES string of the molecule is NC(=O)c1cc(S)ccc1[N+](=O)[O-]. The van der Waals surface area contributed by atoms with Crippen LogP contribution in [0.3, 0.4) is 0 Å². The molecule has 0 aliphatic heterocycles. The first-order valence-electron chi connectivity index (χ1n) is 3.29. The van der Waals surface area contributed by atoms with Crippen molar-refractivity contribution in [3.63, 3.8) is 0 Å². The summed E-state index contributed by atoms with van der Waals surface area (Å²) >= 11 is 3.93. The average Bonchev–Trinajstić information content (AvgIpc) is 2.03. The van der Waals surface area contributed by atoms with Crippen LogP contribution in [0.2, 0.25) is 0 Å². The molecular weight excluding hydrogens is 192 g/mol. The molecule has 0 aliphatic carbocycles.